The zero-order chi connectivity index (χ0) is 17.6. The number of carbonyl (C=O) groups is 1. The number of rotatable bonds is 4. The van der Waals surface area contributed by atoms with E-state index in [4.69, 9.17) is 4.74 Å². The number of benzene rings is 1. The minimum atomic E-state index is -0.291. The van der Waals surface area contributed by atoms with Crippen LogP contribution in [0.3, 0.4) is 0 Å². The fraction of sp³-hybridized carbons (Fsp3) is 0.600. The Morgan fingerprint density at radius 1 is 1.19 bits per heavy atom. The molecule has 1 saturated carbocycles. The quantitative estimate of drug-likeness (QED) is 0.317. The second kappa shape index (κ2) is 10.1. The smallest absolute Gasteiger partial charge is 0.337 e. The standard InChI is InChI=1S/C20H29N3O2.HI/c1-21-20(23-13-17-5-3-4-6-18(17)14-23)22-12-11-15-7-9-16(10-8-15)19(24)25-2;/h7-10,17-18H,3-6,11-14H2,1-2H3,(H,21,22);1H. The van der Waals surface area contributed by atoms with Gasteiger partial charge in [-0.05, 0) is 48.8 Å². The summed E-state index contributed by atoms with van der Waals surface area (Å²) in [5.74, 6) is 2.46. The third-order valence-electron chi connectivity index (χ3n) is 5.56. The lowest BCUT2D eigenvalue weighted by Gasteiger charge is -2.22. The van der Waals surface area contributed by atoms with Gasteiger partial charge in [-0.1, -0.05) is 25.0 Å². The van der Waals surface area contributed by atoms with Gasteiger partial charge >= 0.3 is 5.97 Å². The van der Waals surface area contributed by atoms with Crippen LogP contribution in [0.1, 0.15) is 41.6 Å². The largest absolute Gasteiger partial charge is 0.465 e. The molecule has 1 aliphatic carbocycles. The maximum atomic E-state index is 11.5. The Morgan fingerprint density at radius 3 is 2.35 bits per heavy atom. The Kier molecular flexibility index (Phi) is 8.18. The molecule has 0 amide bonds. The van der Waals surface area contributed by atoms with Crippen LogP contribution in [0.4, 0.5) is 0 Å². The molecule has 0 aromatic heterocycles. The van der Waals surface area contributed by atoms with E-state index in [0.29, 0.717) is 5.56 Å². The van der Waals surface area contributed by atoms with E-state index in [9.17, 15) is 4.79 Å². The molecule has 2 fully saturated rings. The molecule has 1 N–H and O–H groups in total. The SMILES string of the molecule is CN=C(NCCc1ccc(C(=O)OC)cc1)N1CC2CCCCC2C1.I. The van der Waals surface area contributed by atoms with E-state index >= 15 is 0 Å². The van der Waals surface area contributed by atoms with Crippen LogP contribution in [0.25, 0.3) is 0 Å². The second-order valence-corrected chi connectivity index (χ2v) is 7.12. The summed E-state index contributed by atoms with van der Waals surface area (Å²) < 4.78 is 4.73. The number of hydrogen-bond donors (Lipinski definition) is 1. The van der Waals surface area contributed by atoms with E-state index in [1.165, 1.54) is 38.4 Å². The number of esters is 1. The molecule has 1 saturated heterocycles. The van der Waals surface area contributed by atoms with Gasteiger partial charge in [0.05, 0.1) is 12.7 Å². The highest BCUT2D eigenvalue weighted by Crippen LogP contribution is 2.35. The first-order valence-corrected chi connectivity index (χ1v) is 9.34. The molecular weight excluding hydrogens is 441 g/mol. The molecular formula is C20H30IN3O2. The van der Waals surface area contributed by atoms with Crippen molar-refractivity contribution in [3.63, 3.8) is 0 Å². The second-order valence-electron chi connectivity index (χ2n) is 7.12. The van der Waals surface area contributed by atoms with Gasteiger partial charge < -0.3 is 15.0 Å². The highest BCUT2D eigenvalue weighted by Gasteiger charge is 2.35. The molecule has 2 atom stereocenters. The van der Waals surface area contributed by atoms with Crippen molar-refractivity contribution in [3.8, 4) is 0 Å². The van der Waals surface area contributed by atoms with Gasteiger partial charge in [0.2, 0.25) is 0 Å². The number of carbonyl (C=O) groups excluding carboxylic acids is 1. The van der Waals surface area contributed by atoms with Crippen molar-refractivity contribution in [2.75, 3.05) is 33.8 Å². The van der Waals surface area contributed by atoms with Crippen LogP contribution >= 0.6 is 24.0 Å². The number of hydrogen-bond acceptors (Lipinski definition) is 3. The lowest BCUT2D eigenvalue weighted by molar-refractivity contribution is 0.0600. The lowest BCUT2D eigenvalue weighted by atomic mass is 9.82. The molecule has 0 spiro atoms. The third kappa shape index (κ3) is 5.11. The van der Waals surface area contributed by atoms with Crippen molar-refractivity contribution in [1.82, 2.24) is 10.2 Å². The summed E-state index contributed by atoms with van der Waals surface area (Å²) in [4.78, 5) is 18.4. The third-order valence-corrected chi connectivity index (χ3v) is 5.56. The molecule has 1 aromatic carbocycles. The first-order chi connectivity index (χ1) is 12.2. The van der Waals surface area contributed by atoms with Crippen LogP contribution in [0, 0.1) is 11.8 Å². The summed E-state index contributed by atoms with van der Waals surface area (Å²) in [6.07, 6.45) is 6.45. The van der Waals surface area contributed by atoms with Crippen molar-refractivity contribution >= 4 is 35.9 Å². The molecule has 1 heterocycles. The van der Waals surface area contributed by atoms with Gasteiger partial charge in [0.15, 0.2) is 5.96 Å². The van der Waals surface area contributed by atoms with Crippen molar-refractivity contribution in [1.29, 1.82) is 0 Å². The Morgan fingerprint density at radius 2 is 1.81 bits per heavy atom. The number of methoxy groups -OCH3 is 1. The predicted molar refractivity (Wildman–Crippen MR) is 115 cm³/mol. The van der Waals surface area contributed by atoms with Crippen LogP contribution in [-0.2, 0) is 11.2 Å². The number of guanidine groups is 1. The number of fused-ring (bicyclic) bond motifs is 1. The van der Waals surface area contributed by atoms with E-state index < -0.39 is 0 Å². The molecule has 3 rings (SSSR count). The van der Waals surface area contributed by atoms with Crippen molar-refractivity contribution < 1.29 is 9.53 Å². The van der Waals surface area contributed by atoms with Gasteiger partial charge in [-0.2, -0.15) is 0 Å². The lowest BCUT2D eigenvalue weighted by Crippen LogP contribution is -2.41. The summed E-state index contributed by atoms with van der Waals surface area (Å²) in [5, 5.41) is 3.50. The molecule has 5 nitrogen and oxygen atoms in total. The number of nitrogens with zero attached hydrogens (tertiary/aromatic N) is 2. The predicted octanol–water partition coefficient (Wildman–Crippen LogP) is 3.33. The number of ether oxygens (including phenoxy) is 1. The topological polar surface area (TPSA) is 53.9 Å². The first kappa shape index (κ1) is 21.0. The number of nitrogens with one attached hydrogen (secondary N) is 1. The van der Waals surface area contributed by atoms with Crippen LogP contribution in [0.2, 0.25) is 0 Å². The van der Waals surface area contributed by atoms with Gasteiger partial charge in [-0.15, -0.1) is 24.0 Å². The van der Waals surface area contributed by atoms with Crippen LogP contribution in [0.15, 0.2) is 29.3 Å². The molecule has 1 aliphatic heterocycles. The highest BCUT2D eigenvalue weighted by molar-refractivity contribution is 14.0. The van der Waals surface area contributed by atoms with Crippen molar-refractivity contribution in [3.05, 3.63) is 35.4 Å². The molecule has 26 heavy (non-hydrogen) atoms. The van der Waals surface area contributed by atoms with Crippen LogP contribution < -0.4 is 5.32 Å². The molecule has 0 radical (unpaired) electrons. The molecule has 2 unspecified atom stereocenters. The molecule has 2 aliphatic rings. The normalized spacial score (nSPS) is 22.4. The minimum absolute atomic E-state index is 0. The zero-order valence-electron chi connectivity index (χ0n) is 15.7. The summed E-state index contributed by atoms with van der Waals surface area (Å²) in [6, 6.07) is 7.62. The summed E-state index contributed by atoms with van der Waals surface area (Å²) >= 11 is 0. The van der Waals surface area contributed by atoms with Gasteiger partial charge in [0.1, 0.15) is 0 Å². The summed E-state index contributed by atoms with van der Waals surface area (Å²) in [7, 11) is 3.27. The van der Waals surface area contributed by atoms with Crippen LogP contribution in [0.5, 0.6) is 0 Å². The number of aliphatic imine (C=N–C) groups is 1. The van der Waals surface area contributed by atoms with E-state index in [1.54, 1.807) is 0 Å². The Balaban J connectivity index is 0.00000243. The van der Waals surface area contributed by atoms with E-state index in [0.717, 1.165) is 43.9 Å². The average Bonchev–Trinajstić information content (AvgIpc) is 3.09. The summed E-state index contributed by atoms with van der Waals surface area (Å²) in [6.45, 7) is 3.15. The van der Waals surface area contributed by atoms with E-state index in [1.807, 2.05) is 31.3 Å². The van der Waals surface area contributed by atoms with Gasteiger partial charge in [-0.25, -0.2) is 4.79 Å². The molecule has 144 valence electrons. The number of halogens is 1. The van der Waals surface area contributed by atoms with Gasteiger partial charge in [-0.3, -0.25) is 4.99 Å². The summed E-state index contributed by atoms with van der Waals surface area (Å²) in [5.41, 5.74) is 1.79. The molecule has 6 heteroatoms. The van der Waals surface area contributed by atoms with Gasteiger partial charge in [0.25, 0.3) is 0 Å². The average molecular weight is 471 g/mol. The fourth-order valence-electron chi connectivity index (χ4n) is 4.16. The Labute approximate surface area is 173 Å². The maximum Gasteiger partial charge on any atom is 0.337 e. The monoisotopic (exact) mass is 471 g/mol. The zero-order valence-corrected chi connectivity index (χ0v) is 18.1. The van der Waals surface area contributed by atoms with Crippen LogP contribution in [-0.4, -0.2) is 50.6 Å². The minimum Gasteiger partial charge on any atom is -0.465 e. The van der Waals surface area contributed by atoms with Crippen molar-refractivity contribution in [2.45, 2.75) is 32.1 Å². The molecule has 0 bridgehead atoms. The fourth-order valence-corrected chi connectivity index (χ4v) is 4.16. The van der Waals surface area contributed by atoms with E-state index in [-0.39, 0.29) is 29.9 Å². The van der Waals surface area contributed by atoms with Gasteiger partial charge in [0, 0.05) is 26.7 Å². The maximum absolute atomic E-state index is 11.5. The Bertz CT molecular complexity index is 604. The van der Waals surface area contributed by atoms with E-state index in [2.05, 4.69) is 15.2 Å². The molecule has 1 aromatic rings. The number of likely N-dealkylation sites (tertiary alicyclic amines) is 1. The Hall–Kier alpha value is -1.31. The van der Waals surface area contributed by atoms with Crippen molar-refractivity contribution in [2.24, 2.45) is 16.8 Å². The highest BCUT2D eigenvalue weighted by atomic mass is 127. The first-order valence-electron chi connectivity index (χ1n) is 9.34.